The first kappa shape index (κ1) is 13.4. The highest BCUT2D eigenvalue weighted by Crippen LogP contribution is 1.97. The third-order valence-electron chi connectivity index (χ3n) is 1.72. The fourth-order valence-corrected chi connectivity index (χ4v) is 1.34. The van der Waals surface area contributed by atoms with Gasteiger partial charge in [0.1, 0.15) is 0 Å². The van der Waals surface area contributed by atoms with Crippen molar-refractivity contribution in [2.24, 2.45) is 5.14 Å². The minimum absolute atomic E-state index is 0.101. The number of amides is 1. The summed E-state index contributed by atoms with van der Waals surface area (Å²) in [7, 11) is -3.46. The van der Waals surface area contributed by atoms with E-state index < -0.39 is 10.0 Å². The van der Waals surface area contributed by atoms with Crippen LogP contribution in [0.4, 0.5) is 0 Å². The Hall–Kier alpha value is -0.620. The van der Waals surface area contributed by atoms with Gasteiger partial charge in [-0.05, 0) is 6.42 Å². The van der Waals surface area contributed by atoms with E-state index >= 15 is 0 Å². The van der Waals surface area contributed by atoms with Gasteiger partial charge >= 0.3 is 0 Å². The minimum Gasteiger partial charge on any atom is -0.355 e. The molecule has 0 spiro atoms. The lowest BCUT2D eigenvalue weighted by atomic mass is 10.2. The molecule has 0 rings (SSSR count). The van der Waals surface area contributed by atoms with Crippen molar-refractivity contribution in [3.63, 3.8) is 0 Å². The summed E-state index contributed by atoms with van der Waals surface area (Å²) in [6.45, 7) is 2.16. The summed E-state index contributed by atoms with van der Waals surface area (Å²) in [4.78, 5) is 11.1. The van der Waals surface area contributed by atoms with Crippen LogP contribution in [0.1, 0.15) is 32.6 Å². The number of carbonyl (C=O) groups is 1. The minimum atomic E-state index is -3.46. The maximum atomic E-state index is 11.1. The van der Waals surface area contributed by atoms with E-state index in [1.54, 1.807) is 0 Å². The lowest BCUT2D eigenvalue weighted by molar-refractivity contribution is -0.121. The van der Waals surface area contributed by atoms with Crippen molar-refractivity contribution in [1.82, 2.24) is 5.32 Å². The van der Waals surface area contributed by atoms with Crippen molar-refractivity contribution in [3.05, 3.63) is 0 Å². The fourth-order valence-electron chi connectivity index (χ4n) is 0.957. The van der Waals surface area contributed by atoms with Crippen LogP contribution in [0.3, 0.4) is 0 Å². The van der Waals surface area contributed by atoms with Crippen LogP contribution in [0.2, 0.25) is 0 Å². The van der Waals surface area contributed by atoms with Gasteiger partial charge in [-0.1, -0.05) is 19.8 Å². The highest BCUT2D eigenvalue weighted by atomic mass is 32.2. The summed E-state index contributed by atoms with van der Waals surface area (Å²) < 4.78 is 21.0. The van der Waals surface area contributed by atoms with Gasteiger partial charge in [0.05, 0.1) is 5.75 Å². The van der Waals surface area contributed by atoms with Gasteiger partial charge in [-0.2, -0.15) is 0 Å². The van der Waals surface area contributed by atoms with Crippen molar-refractivity contribution in [3.8, 4) is 0 Å². The van der Waals surface area contributed by atoms with Gasteiger partial charge in [0.25, 0.3) is 0 Å². The number of rotatable bonds is 7. The zero-order chi connectivity index (χ0) is 11.0. The number of nitrogens with two attached hydrogens (primary N) is 1. The van der Waals surface area contributed by atoms with Gasteiger partial charge in [-0.3, -0.25) is 4.79 Å². The summed E-state index contributed by atoms with van der Waals surface area (Å²) in [5.41, 5.74) is 0. The molecule has 0 fully saturated rings. The molecule has 0 saturated carbocycles. The largest absolute Gasteiger partial charge is 0.355 e. The maximum Gasteiger partial charge on any atom is 0.220 e. The molecule has 0 aliphatic carbocycles. The molecule has 0 saturated heterocycles. The average molecular weight is 222 g/mol. The number of sulfonamides is 1. The molecule has 0 aliphatic rings. The summed E-state index contributed by atoms with van der Waals surface area (Å²) in [5.74, 6) is -0.311. The molecule has 5 nitrogen and oxygen atoms in total. The van der Waals surface area contributed by atoms with Crippen LogP contribution in [0.5, 0.6) is 0 Å². The van der Waals surface area contributed by atoms with E-state index in [2.05, 4.69) is 12.2 Å². The molecule has 3 N–H and O–H groups in total. The van der Waals surface area contributed by atoms with Crippen LogP contribution < -0.4 is 10.5 Å². The summed E-state index contributed by atoms with van der Waals surface area (Å²) in [6.07, 6.45) is 3.38. The monoisotopic (exact) mass is 222 g/mol. The molecule has 0 aliphatic heterocycles. The van der Waals surface area contributed by atoms with Gasteiger partial charge in [0, 0.05) is 13.0 Å². The highest BCUT2D eigenvalue weighted by Gasteiger charge is 2.04. The molecule has 1 amide bonds. The van der Waals surface area contributed by atoms with E-state index in [1.807, 2.05) is 0 Å². The predicted molar refractivity (Wildman–Crippen MR) is 55.1 cm³/mol. The first-order valence-corrected chi connectivity index (χ1v) is 6.44. The Morgan fingerprint density at radius 3 is 2.50 bits per heavy atom. The number of primary sulfonamides is 1. The number of hydrogen-bond acceptors (Lipinski definition) is 3. The third kappa shape index (κ3) is 9.47. The van der Waals surface area contributed by atoms with Crippen LogP contribution in [0.25, 0.3) is 0 Å². The summed E-state index contributed by atoms with van der Waals surface area (Å²) in [6, 6.07) is 0. The van der Waals surface area contributed by atoms with Crippen molar-refractivity contribution < 1.29 is 13.2 Å². The maximum absolute atomic E-state index is 11.1. The number of hydrogen-bond donors (Lipinski definition) is 2. The van der Waals surface area contributed by atoms with Crippen LogP contribution in [0.15, 0.2) is 0 Å². The molecular weight excluding hydrogens is 204 g/mol. The van der Waals surface area contributed by atoms with Gasteiger partial charge in [-0.15, -0.1) is 0 Å². The van der Waals surface area contributed by atoms with E-state index in [-0.39, 0.29) is 18.2 Å². The molecule has 0 radical (unpaired) electrons. The Bertz CT molecular complexity index is 262. The van der Waals surface area contributed by atoms with E-state index in [9.17, 15) is 13.2 Å². The van der Waals surface area contributed by atoms with E-state index in [0.717, 1.165) is 19.3 Å². The molecule has 0 bridgehead atoms. The molecule has 0 unspecified atom stereocenters. The smallest absolute Gasteiger partial charge is 0.220 e. The molecule has 0 aromatic rings. The Balaban J connectivity index is 3.45. The molecule has 6 heteroatoms. The zero-order valence-electron chi connectivity index (χ0n) is 8.45. The predicted octanol–water partition coefficient (Wildman–Crippen LogP) is -0.0286. The first-order valence-electron chi connectivity index (χ1n) is 4.73. The second kappa shape index (κ2) is 6.78. The second-order valence-electron chi connectivity index (χ2n) is 3.17. The fraction of sp³-hybridized carbons (Fsp3) is 0.875. The topological polar surface area (TPSA) is 89.3 Å². The van der Waals surface area contributed by atoms with Crippen molar-refractivity contribution in [2.45, 2.75) is 32.6 Å². The Labute approximate surface area is 85.1 Å². The second-order valence-corrected chi connectivity index (χ2v) is 4.91. The molecular formula is C8H18N2O3S. The quantitative estimate of drug-likeness (QED) is 0.593. The zero-order valence-corrected chi connectivity index (χ0v) is 9.27. The molecule has 0 aromatic heterocycles. The van der Waals surface area contributed by atoms with Crippen molar-refractivity contribution in [2.75, 3.05) is 12.3 Å². The summed E-state index contributed by atoms with van der Waals surface area (Å²) >= 11 is 0. The number of nitrogens with one attached hydrogen (secondary N) is 1. The first-order chi connectivity index (χ1) is 6.45. The van der Waals surface area contributed by atoms with E-state index in [4.69, 9.17) is 5.14 Å². The van der Waals surface area contributed by atoms with Crippen LogP contribution in [0, 0.1) is 0 Å². The van der Waals surface area contributed by atoms with Gasteiger partial charge in [-0.25, -0.2) is 13.6 Å². The SMILES string of the molecule is CCCCCC(=O)NCCS(N)(=O)=O. The normalized spacial score (nSPS) is 11.3. The molecule has 0 aromatic carbocycles. The van der Waals surface area contributed by atoms with Crippen LogP contribution >= 0.6 is 0 Å². The average Bonchev–Trinajstić information content (AvgIpc) is 2.02. The molecule has 14 heavy (non-hydrogen) atoms. The highest BCUT2D eigenvalue weighted by molar-refractivity contribution is 7.89. The van der Waals surface area contributed by atoms with Crippen LogP contribution in [-0.4, -0.2) is 26.6 Å². The molecule has 0 heterocycles. The van der Waals surface area contributed by atoms with Gasteiger partial charge in [0.2, 0.25) is 15.9 Å². The summed E-state index contributed by atoms with van der Waals surface area (Å²) in [5, 5.41) is 7.26. The standard InChI is InChI=1S/C8H18N2O3S/c1-2-3-4-5-8(11)10-6-7-14(9,12)13/h2-7H2,1H3,(H,10,11)(H2,9,12,13). The Morgan fingerprint density at radius 2 is 2.00 bits per heavy atom. The Kier molecular flexibility index (Phi) is 6.48. The van der Waals surface area contributed by atoms with Crippen molar-refractivity contribution in [1.29, 1.82) is 0 Å². The van der Waals surface area contributed by atoms with Gasteiger partial charge < -0.3 is 5.32 Å². The van der Waals surface area contributed by atoms with Crippen LogP contribution in [-0.2, 0) is 14.8 Å². The van der Waals surface area contributed by atoms with E-state index in [1.165, 1.54) is 0 Å². The lowest BCUT2D eigenvalue weighted by Crippen LogP contribution is -2.31. The number of unbranched alkanes of at least 4 members (excludes halogenated alkanes) is 2. The molecule has 84 valence electrons. The van der Waals surface area contributed by atoms with E-state index in [0.29, 0.717) is 6.42 Å². The van der Waals surface area contributed by atoms with Gasteiger partial charge in [0.15, 0.2) is 0 Å². The molecule has 0 atom stereocenters. The third-order valence-corrected chi connectivity index (χ3v) is 2.49. The van der Waals surface area contributed by atoms with Crippen molar-refractivity contribution >= 4 is 15.9 Å². The lowest BCUT2D eigenvalue weighted by Gasteiger charge is -2.03. The Morgan fingerprint density at radius 1 is 1.36 bits per heavy atom. The number of carbonyl (C=O) groups excluding carboxylic acids is 1.